The van der Waals surface area contributed by atoms with Crippen LogP contribution in [0.25, 0.3) is 0 Å². The molecule has 0 saturated heterocycles. The van der Waals surface area contributed by atoms with Crippen LogP contribution in [-0.2, 0) is 16.6 Å². The van der Waals surface area contributed by atoms with Crippen LogP contribution in [0.4, 0.5) is 0 Å². The van der Waals surface area contributed by atoms with Crippen LogP contribution >= 0.6 is 0 Å². The van der Waals surface area contributed by atoms with Crippen molar-refractivity contribution >= 4 is 10.0 Å². The molecule has 0 amide bonds. The van der Waals surface area contributed by atoms with Crippen LogP contribution in [0.1, 0.15) is 44.6 Å². The summed E-state index contributed by atoms with van der Waals surface area (Å²) in [7, 11) is -3.60. The first-order chi connectivity index (χ1) is 9.53. The van der Waals surface area contributed by atoms with Gasteiger partial charge in [-0.15, -0.1) is 0 Å². The lowest BCUT2D eigenvalue weighted by Crippen LogP contribution is -2.28. The van der Waals surface area contributed by atoms with Gasteiger partial charge < -0.3 is 5.11 Å². The molecular formula is C13H23N3O3S. The molecule has 1 heterocycles. The molecule has 1 saturated carbocycles. The summed E-state index contributed by atoms with van der Waals surface area (Å²) in [6, 6.07) is 0. The third-order valence-corrected chi connectivity index (χ3v) is 5.57. The Bertz CT molecular complexity index is 519. The predicted molar refractivity (Wildman–Crippen MR) is 75.4 cm³/mol. The summed E-state index contributed by atoms with van der Waals surface area (Å²) in [5, 5.41) is 15.1. The molecule has 1 aromatic rings. The van der Waals surface area contributed by atoms with Gasteiger partial charge in [0.05, 0.1) is 12.8 Å². The maximum Gasteiger partial charge on any atom is 0.257 e. The van der Waals surface area contributed by atoms with Crippen LogP contribution in [0.3, 0.4) is 0 Å². The van der Waals surface area contributed by atoms with Gasteiger partial charge in [0.2, 0.25) is 0 Å². The summed E-state index contributed by atoms with van der Waals surface area (Å²) in [5.74, 6) is 1.42. The van der Waals surface area contributed by atoms with E-state index in [9.17, 15) is 8.42 Å². The minimum atomic E-state index is -3.60. The first kappa shape index (κ1) is 15.5. The van der Waals surface area contributed by atoms with Crippen molar-refractivity contribution in [1.29, 1.82) is 0 Å². The fraction of sp³-hybridized carbons (Fsp3) is 0.769. The van der Waals surface area contributed by atoms with E-state index in [2.05, 4.69) is 21.8 Å². The van der Waals surface area contributed by atoms with Gasteiger partial charge in [0.25, 0.3) is 10.0 Å². The highest BCUT2D eigenvalue weighted by molar-refractivity contribution is 7.89. The smallest absolute Gasteiger partial charge is 0.257 e. The lowest BCUT2D eigenvalue weighted by Gasteiger charge is -2.26. The number of aromatic nitrogens is 2. The van der Waals surface area contributed by atoms with E-state index >= 15 is 0 Å². The highest BCUT2D eigenvalue weighted by Gasteiger charge is 2.22. The molecule has 3 N–H and O–H groups in total. The van der Waals surface area contributed by atoms with Gasteiger partial charge in [-0.1, -0.05) is 32.6 Å². The Morgan fingerprint density at radius 3 is 2.75 bits per heavy atom. The summed E-state index contributed by atoms with van der Waals surface area (Å²) < 4.78 is 26.7. The van der Waals surface area contributed by atoms with Crippen molar-refractivity contribution in [2.24, 2.45) is 11.8 Å². The van der Waals surface area contributed by atoms with Crippen LogP contribution in [0.15, 0.2) is 11.2 Å². The highest BCUT2D eigenvalue weighted by Crippen LogP contribution is 2.30. The Kier molecular flexibility index (Phi) is 5.17. The summed E-state index contributed by atoms with van der Waals surface area (Å²) in [6.07, 6.45) is 7.06. The number of nitrogens with zero attached hydrogens (tertiary/aromatic N) is 1. The molecule has 0 atom stereocenters. The molecular weight excluding hydrogens is 278 g/mol. The van der Waals surface area contributed by atoms with Crippen LogP contribution in [0.5, 0.6) is 0 Å². The number of aliphatic hydroxyl groups excluding tert-OH is 1. The quantitative estimate of drug-likeness (QED) is 0.740. The number of nitrogens with one attached hydrogen (secondary N) is 2. The van der Waals surface area contributed by atoms with Crippen molar-refractivity contribution in [2.75, 3.05) is 6.54 Å². The SMILES string of the molecule is CC1CCC(CCNS(=O)(=O)c2[nH]ncc2CO)CC1. The number of H-pyrrole nitrogens is 1. The number of aliphatic hydroxyl groups is 1. The van der Waals surface area contributed by atoms with Crippen LogP contribution in [-0.4, -0.2) is 30.3 Å². The Labute approximate surface area is 120 Å². The number of hydrogen-bond donors (Lipinski definition) is 3. The minimum Gasteiger partial charge on any atom is -0.392 e. The Morgan fingerprint density at radius 2 is 2.10 bits per heavy atom. The number of rotatable bonds is 6. The largest absolute Gasteiger partial charge is 0.392 e. The number of sulfonamides is 1. The second-order valence-corrected chi connectivity index (χ2v) is 7.40. The molecule has 1 aromatic heterocycles. The molecule has 114 valence electrons. The van der Waals surface area contributed by atoms with E-state index in [1.807, 2.05) is 0 Å². The number of aromatic amines is 1. The molecule has 0 bridgehead atoms. The standard InChI is InChI=1S/C13H23N3O3S/c1-10-2-4-11(5-3-10)6-7-15-20(18,19)13-12(9-17)8-14-16-13/h8,10-11,15,17H,2-7,9H2,1H3,(H,14,16). The van der Waals surface area contributed by atoms with Crippen molar-refractivity contribution in [2.45, 2.75) is 50.7 Å². The van der Waals surface area contributed by atoms with Gasteiger partial charge in [-0.2, -0.15) is 5.10 Å². The average molecular weight is 301 g/mol. The molecule has 20 heavy (non-hydrogen) atoms. The molecule has 1 aliphatic carbocycles. The molecule has 0 aromatic carbocycles. The van der Waals surface area contributed by atoms with Gasteiger partial charge in [0, 0.05) is 12.1 Å². The summed E-state index contributed by atoms with van der Waals surface area (Å²) in [4.78, 5) is 0. The zero-order valence-electron chi connectivity index (χ0n) is 11.8. The maximum absolute atomic E-state index is 12.1. The molecule has 0 radical (unpaired) electrons. The minimum absolute atomic E-state index is 0.0303. The highest BCUT2D eigenvalue weighted by atomic mass is 32.2. The van der Waals surface area contributed by atoms with Crippen molar-refractivity contribution in [3.05, 3.63) is 11.8 Å². The first-order valence-electron chi connectivity index (χ1n) is 7.15. The second kappa shape index (κ2) is 6.69. The normalized spacial score (nSPS) is 23.9. The molecule has 0 unspecified atom stereocenters. The van der Waals surface area contributed by atoms with Crippen molar-refractivity contribution in [1.82, 2.24) is 14.9 Å². The van der Waals surface area contributed by atoms with Crippen molar-refractivity contribution < 1.29 is 13.5 Å². The zero-order valence-corrected chi connectivity index (χ0v) is 12.6. The van der Waals surface area contributed by atoms with E-state index < -0.39 is 10.0 Å². The van der Waals surface area contributed by atoms with Gasteiger partial charge in [-0.3, -0.25) is 5.10 Å². The van der Waals surface area contributed by atoms with Crippen molar-refractivity contribution in [3.63, 3.8) is 0 Å². The third kappa shape index (κ3) is 3.80. The molecule has 0 aliphatic heterocycles. The van der Waals surface area contributed by atoms with E-state index in [0.29, 0.717) is 18.0 Å². The fourth-order valence-corrected chi connectivity index (χ4v) is 3.90. The summed E-state index contributed by atoms with van der Waals surface area (Å²) in [6.45, 7) is 2.37. The fourth-order valence-electron chi connectivity index (χ4n) is 2.73. The van der Waals surface area contributed by atoms with Crippen molar-refractivity contribution in [3.8, 4) is 0 Å². The maximum atomic E-state index is 12.1. The van der Waals surface area contributed by atoms with Crippen LogP contribution in [0, 0.1) is 11.8 Å². The molecule has 1 aliphatic rings. The van der Waals surface area contributed by atoms with E-state index in [0.717, 1.165) is 12.3 Å². The van der Waals surface area contributed by atoms with Gasteiger partial charge in [0.1, 0.15) is 0 Å². The van der Waals surface area contributed by atoms with E-state index in [-0.39, 0.29) is 11.6 Å². The summed E-state index contributed by atoms with van der Waals surface area (Å²) in [5.41, 5.74) is 0.295. The zero-order chi connectivity index (χ0) is 14.6. The Hall–Kier alpha value is -0.920. The monoisotopic (exact) mass is 301 g/mol. The van der Waals surface area contributed by atoms with Gasteiger partial charge in [-0.05, 0) is 18.3 Å². The molecule has 1 fully saturated rings. The third-order valence-electron chi connectivity index (χ3n) is 4.10. The van der Waals surface area contributed by atoms with Crippen LogP contribution in [0.2, 0.25) is 0 Å². The van der Waals surface area contributed by atoms with Crippen LogP contribution < -0.4 is 4.72 Å². The molecule has 2 rings (SSSR count). The molecule has 6 nitrogen and oxygen atoms in total. The van der Waals surface area contributed by atoms with E-state index in [1.165, 1.54) is 31.9 Å². The predicted octanol–water partition coefficient (Wildman–Crippen LogP) is 1.40. The lowest BCUT2D eigenvalue weighted by molar-refractivity contribution is 0.277. The average Bonchev–Trinajstić information content (AvgIpc) is 2.90. The Balaban J connectivity index is 1.84. The van der Waals surface area contributed by atoms with E-state index in [4.69, 9.17) is 5.11 Å². The van der Waals surface area contributed by atoms with E-state index in [1.54, 1.807) is 0 Å². The first-order valence-corrected chi connectivity index (χ1v) is 8.64. The topological polar surface area (TPSA) is 95.1 Å². The van der Waals surface area contributed by atoms with Gasteiger partial charge >= 0.3 is 0 Å². The second-order valence-electron chi connectivity index (χ2n) is 5.69. The Morgan fingerprint density at radius 1 is 1.40 bits per heavy atom. The molecule has 7 heteroatoms. The van der Waals surface area contributed by atoms with Gasteiger partial charge in [-0.25, -0.2) is 13.1 Å². The number of hydrogen-bond acceptors (Lipinski definition) is 4. The molecule has 0 spiro atoms. The van der Waals surface area contributed by atoms with Gasteiger partial charge in [0.15, 0.2) is 5.03 Å². The summed E-state index contributed by atoms with van der Waals surface area (Å²) >= 11 is 0. The lowest BCUT2D eigenvalue weighted by atomic mass is 9.81.